The molecule has 0 aliphatic heterocycles. The molecule has 0 saturated carbocycles. The summed E-state index contributed by atoms with van der Waals surface area (Å²) in [6, 6.07) is 27.5. The number of carbonyl (C=O) groups excluding carboxylic acids is 1. The summed E-state index contributed by atoms with van der Waals surface area (Å²) in [6.45, 7) is 1.27. The SMILES string of the molecule is CC(=O)Nc1ccccc1[As](=O)(O)OO.O=[N+]([O-])c1cccc(-c2cc(Cc3ccccc3)ccc2O)c1. The van der Waals surface area contributed by atoms with Crippen LogP contribution in [0.2, 0.25) is 0 Å². The van der Waals surface area contributed by atoms with Gasteiger partial charge in [0, 0.05) is 17.7 Å². The number of carbonyl (C=O) groups is 1. The molecule has 0 radical (unpaired) electrons. The zero-order valence-corrected chi connectivity index (χ0v) is 22.1. The Hall–Kier alpha value is -4.21. The van der Waals surface area contributed by atoms with E-state index >= 15 is 0 Å². The normalized spacial score (nSPS) is 12.0. The number of nitrogens with zero attached hydrogens (tertiary/aromatic N) is 1. The number of non-ortho nitro benzene ring substituents is 1. The third-order valence-electron chi connectivity index (χ3n) is 5.31. The number of para-hydroxylation sites is 1. The third-order valence-corrected chi connectivity index (χ3v) is 7.87. The molecule has 38 heavy (non-hydrogen) atoms. The Morgan fingerprint density at radius 3 is 2.29 bits per heavy atom. The third kappa shape index (κ3) is 7.64. The molecular weight excluding hydrogens is 555 g/mol. The van der Waals surface area contributed by atoms with Crippen LogP contribution in [0.1, 0.15) is 18.1 Å². The number of nitrogens with one attached hydrogen (secondary N) is 1. The van der Waals surface area contributed by atoms with Gasteiger partial charge in [0.1, 0.15) is 5.75 Å². The first-order valence-corrected chi connectivity index (χ1v) is 14.6. The first kappa shape index (κ1) is 28.4. The molecule has 1 atom stereocenters. The Morgan fingerprint density at radius 1 is 0.947 bits per heavy atom. The molecule has 0 aliphatic rings. The van der Waals surface area contributed by atoms with Crippen molar-refractivity contribution in [2.45, 2.75) is 13.3 Å². The Kier molecular flexibility index (Phi) is 9.59. The second kappa shape index (κ2) is 12.8. The van der Waals surface area contributed by atoms with Crippen LogP contribution >= 0.6 is 0 Å². The van der Waals surface area contributed by atoms with Gasteiger partial charge in [0.25, 0.3) is 5.69 Å². The molecule has 196 valence electrons. The zero-order chi connectivity index (χ0) is 27.7. The molecule has 1 amide bonds. The number of nitro groups is 1. The molecule has 4 aromatic carbocycles. The molecule has 0 spiro atoms. The van der Waals surface area contributed by atoms with E-state index in [0.29, 0.717) is 11.1 Å². The molecule has 0 fully saturated rings. The number of rotatable bonds is 7. The van der Waals surface area contributed by atoms with Crippen molar-refractivity contribution in [1.29, 1.82) is 0 Å². The van der Waals surface area contributed by atoms with Crippen molar-refractivity contribution in [1.82, 2.24) is 0 Å². The summed E-state index contributed by atoms with van der Waals surface area (Å²) >= 11 is -4.92. The summed E-state index contributed by atoms with van der Waals surface area (Å²) in [5.74, 6) is -0.266. The Bertz CT molecular complexity index is 1480. The van der Waals surface area contributed by atoms with Crippen LogP contribution in [-0.2, 0) is 18.8 Å². The molecular formula is C27H25AsN2O8. The van der Waals surface area contributed by atoms with Crippen molar-refractivity contribution in [3.05, 3.63) is 118 Å². The quantitative estimate of drug-likeness (QED) is 0.109. The van der Waals surface area contributed by atoms with Gasteiger partial charge in [-0.25, -0.2) is 0 Å². The van der Waals surface area contributed by atoms with Gasteiger partial charge in [0.15, 0.2) is 0 Å². The topological polar surface area (TPSA) is 159 Å². The molecule has 4 aromatic rings. The summed E-state index contributed by atoms with van der Waals surface area (Å²) < 4.78 is 24.1. The number of phenols is 1. The fourth-order valence-electron chi connectivity index (χ4n) is 3.60. The maximum atomic E-state index is 11.4. The van der Waals surface area contributed by atoms with E-state index in [-0.39, 0.29) is 27.4 Å². The predicted molar refractivity (Wildman–Crippen MR) is 142 cm³/mol. The van der Waals surface area contributed by atoms with Gasteiger partial charge in [-0.2, -0.15) is 0 Å². The van der Waals surface area contributed by atoms with Crippen molar-refractivity contribution in [2.24, 2.45) is 0 Å². The maximum Gasteiger partial charge on any atom is 0.270 e. The van der Waals surface area contributed by atoms with Gasteiger partial charge in [-0.3, -0.25) is 10.1 Å². The van der Waals surface area contributed by atoms with Crippen molar-refractivity contribution >= 4 is 35.8 Å². The molecule has 0 aliphatic carbocycles. The minimum atomic E-state index is -4.92. The van der Waals surface area contributed by atoms with Crippen LogP contribution in [0.5, 0.6) is 5.75 Å². The number of amides is 1. The minimum absolute atomic E-state index is 0.00959. The van der Waals surface area contributed by atoms with E-state index in [1.54, 1.807) is 24.3 Å². The average Bonchev–Trinajstić information content (AvgIpc) is 2.91. The molecule has 11 heteroatoms. The number of anilines is 1. The largest absolute Gasteiger partial charge is 0.507 e. The van der Waals surface area contributed by atoms with E-state index in [1.165, 1.54) is 42.8 Å². The van der Waals surface area contributed by atoms with E-state index < -0.39 is 19.1 Å². The maximum absolute atomic E-state index is 11.4. The number of benzene rings is 4. The smallest absolute Gasteiger partial charge is 0.270 e. The van der Waals surface area contributed by atoms with E-state index in [4.69, 9.17) is 5.26 Å². The molecule has 0 saturated heterocycles. The Balaban J connectivity index is 0.000000232. The fourth-order valence-corrected chi connectivity index (χ4v) is 5.28. The number of nitro benzene ring substituents is 1. The van der Waals surface area contributed by atoms with E-state index in [9.17, 15) is 27.9 Å². The minimum Gasteiger partial charge on any atom is -0.507 e. The molecule has 0 heterocycles. The number of hydrogen-bond donors (Lipinski definition) is 4. The van der Waals surface area contributed by atoms with Crippen molar-refractivity contribution in [2.75, 3.05) is 5.32 Å². The number of phenolic OH excluding ortho intramolecular Hbond substituents is 1. The zero-order valence-electron chi connectivity index (χ0n) is 20.2. The van der Waals surface area contributed by atoms with Gasteiger partial charge in [0.05, 0.1) is 4.92 Å². The van der Waals surface area contributed by atoms with Crippen molar-refractivity contribution in [3.63, 3.8) is 0 Å². The van der Waals surface area contributed by atoms with Crippen molar-refractivity contribution < 1.29 is 31.8 Å². The van der Waals surface area contributed by atoms with E-state index in [0.717, 1.165) is 12.0 Å². The summed E-state index contributed by atoms with van der Waals surface area (Å²) in [7, 11) is 0. The van der Waals surface area contributed by atoms with Gasteiger partial charge in [-0.05, 0) is 35.2 Å². The van der Waals surface area contributed by atoms with Gasteiger partial charge in [0.2, 0.25) is 0 Å². The molecule has 0 aromatic heterocycles. The van der Waals surface area contributed by atoms with Gasteiger partial charge >= 0.3 is 88.4 Å². The van der Waals surface area contributed by atoms with Crippen LogP contribution in [0.25, 0.3) is 11.1 Å². The summed E-state index contributed by atoms with van der Waals surface area (Å²) in [4.78, 5) is 21.3. The second-order valence-corrected chi connectivity index (χ2v) is 11.7. The van der Waals surface area contributed by atoms with Crippen LogP contribution in [0.15, 0.2) is 97.1 Å². The number of hydrogen-bond acceptors (Lipinski definition) is 7. The Morgan fingerprint density at radius 2 is 1.63 bits per heavy atom. The first-order valence-electron chi connectivity index (χ1n) is 11.2. The van der Waals surface area contributed by atoms with Gasteiger partial charge in [-0.1, -0.05) is 48.5 Å². The van der Waals surface area contributed by atoms with Gasteiger partial charge in [-0.15, -0.1) is 0 Å². The fraction of sp³-hybridized carbons (Fsp3) is 0.0741. The molecule has 4 N–H and O–H groups in total. The predicted octanol–water partition coefficient (Wildman–Crippen LogP) is 4.26. The second-order valence-electron chi connectivity index (χ2n) is 8.12. The number of aromatic hydroxyl groups is 1. The first-order chi connectivity index (χ1) is 18.1. The monoisotopic (exact) mass is 580 g/mol. The average molecular weight is 580 g/mol. The molecule has 1 unspecified atom stereocenters. The molecule has 0 bridgehead atoms. The Labute approximate surface area is 221 Å². The van der Waals surface area contributed by atoms with Crippen LogP contribution < -0.4 is 9.67 Å². The van der Waals surface area contributed by atoms with Gasteiger partial charge < -0.3 is 5.11 Å². The van der Waals surface area contributed by atoms with Crippen LogP contribution in [0.4, 0.5) is 11.4 Å². The summed E-state index contributed by atoms with van der Waals surface area (Å²) in [6.07, 6.45) is 0.739. The standard InChI is InChI=1S/C19H15NO3.C8H10AsNO5/c21-19-10-9-15(11-14-5-2-1-3-6-14)12-18(19)16-7-4-8-17(13-16)20(22)23;1-6(11)10-8-5-3-2-4-7(8)9(12,13)15-14/h1-10,12-13,21H,11H2;2-5,14H,1H3,(H,10,11)(H,12,13). The van der Waals surface area contributed by atoms with Crippen LogP contribution in [0.3, 0.4) is 0 Å². The van der Waals surface area contributed by atoms with Crippen LogP contribution in [0, 0.1) is 10.1 Å². The van der Waals surface area contributed by atoms with Crippen LogP contribution in [-0.4, -0.2) is 39.5 Å². The van der Waals surface area contributed by atoms with Crippen molar-refractivity contribution in [3.8, 4) is 16.9 Å². The molecule has 10 nitrogen and oxygen atoms in total. The summed E-state index contributed by atoms with van der Waals surface area (Å²) in [5, 5.41) is 31.7. The van der Waals surface area contributed by atoms with E-state index in [2.05, 4.69) is 9.19 Å². The summed E-state index contributed by atoms with van der Waals surface area (Å²) in [5.41, 5.74) is 3.60. The van der Waals surface area contributed by atoms with E-state index in [1.807, 2.05) is 42.5 Å². The molecule has 4 rings (SSSR count).